The van der Waals surface area contributed by atoms with Crippen LogP contribution in [-0.2, 0) is 18.4 Å². The quantitative estimate of drug-likeness (QED) is 0.271. The Bertz CT molecular complexity index is 2070. The van der Waals surface area contributed by atoms with E-state index in [0.29, 0.717) is 66.3 Å². The minimum atomic E-state index is -1.16. The van der Waals surface area contributed by atoms with Gasteiger partial charge in [-0.25, -0.2) is 14.4 Å². The lowest BCUT2D eigenvalue weighted by atomic mass is 9.79. The molecule has 2 atom stereocenters. The Kier molecular flexibility index (Phi) is 8.80. The number of halogens is 1. The summed E-state index contributed by atoms with van der Waals surface area (Å²) in [5, 5.41) is 12.0. The van der Waals surface area contributed by atoms with Crippen LogP contribution in [0.15, 0.2) is 78.1 Å². The highest BCUT2D eigenvalue weighted by atomic mass is 32.1. The molecule has 5 aromatic rings. The van der Waals surface area contributed by atoms with E-state index < -0.39 is 23.2 Å². The van der Waals surface area contributed by atoms with Gasteiger partial charge in [-0.3, -0.25) is 19.0 Å². The molecule has 2 fully saturated rings. The highest BCUT2D eigenvalue weighted by Gasteiger charge is 2.42. The maximum atomic E-state index is 15.3. The van der Waals surface area contributed by atoms with Gasteiger partial charge in [0.1, 0.15) is 22.7 Å². The number of nitrogens with zero attached hydrogens (tertiary/aromatic N) is 6. The maximum absolute atomic E-state index is 15.3. The lowest BCUT2D eigenvalue weighted by molar-refractivity contribution is -0.142. The first-order valence-corrected chi connectivity index (χ1v) is 17.1. The third-order valence-corrected chi connectivity index (χ3v) is 11.0. The molecule has 13 heteroatoms. The first kappa shape index (κ1) is 32.7. The molecule has 0 saturated carbocycles. The molecule has 6 heterocycles. The second-order valence-corrected chi connectivity index (χ2v) is 14.0. The van der Waals surface area contributed by atoms with Gasteiger partial charge in [-0.05, 0) is 48.6 Å². The molecule has 4 aromatic heterocycles. The average molecular weight is 685 g/mol. The highest BCUT2D eigenvalue weighted by molar-refractivity contribution is 7.17. The number of aliphatic hydroxyl groups is 1. The molecule has 7 rings (SSSR count). The van der Waals surface area contributed by atoms with Crippen LogP contribution in [0.5, 0.6) is 5.88 Å². The van der Waals surface area contributed by atoms with Crippen molar-refractivity contribution in [2.45, 2.75) is 37.3 Å². The van der Waals surface area contributed by atoms with Crippen LogP contribution in [-0.4, -0.2) is 84.7 Å². The molecule has 254 valence electrons. The van der Waals surface area contributed by atoms with Gasteiger partial charge in [0.15, 0.2) is 0 Å². The summed E-state index contributed by atoms with van der Waals surface area (Å²) in [6.45, 7) is 1.35. The van der Waals surface area contributed by atoms with Crippen molar-refractivity contribution in [3.05, 3.63) is 99.9 Å². The first-order chi connectivity index (χ1) is 23.6. The van der Waals surface area contributed by atoms with Gasteiger partial charge in [-0.15, -0.1) is 11.3 Å². The predicted molar refractivity (Wildman–Crippen MR) is 183 cm³/mol. The summed E-state index contributed by atoms with van der Waals surface area (Å²) in [6.07, 6.45) is 5.88. The Balaban J connectivity index is 1.05. The summed E-state index contributed by atoms with van der Waals surface area (Å²) in [4.78, 5) is 53.5. The van der Waals surface area contributed by atoms with Crippen molar-refractivity contribution < 1.29 is 23.8 Å². The fraction of sp³-hybridized carbons (Fsp3) is 0.361. The zero-order chi connectivity index (χ0) is 34.3. The molecule has 2 saturated heterocycles. The van der Waals surface area contributed by atoms with Crippen molar-refractivity contribution in [2.24, 2.45) is 13.0 Å². The first-order valence-electron chi connectivity index (χ1n) is 16.3. The van der Waals surface area contributed by atoms with Crippen molar-refractivity contribution in [3.8, 4) is 16.3 Å². The smallest absolute Gasteiger partial charge is 0.266 e. The number of amides is 2. The molecule has 0 bridgehead atoms. The van der Waals surface area contributed by atoms with Crippen LogP contribution >= 0.6 is 11.3 Å². The lowest BCUT2D eigenvalue weighted by Gasteiger charge is -2.43. The third kappa shape index (κ3) is 6.35. The summed E-state index contributed by atoms with van der Waals surface area (Å²) >= 11 is 1.09. The number of benzene rings is 1. The molecule has 1 N–H and O–H groups in total. The summed E-state index contributed by atoms with van der Waals surface area (Å²) in [7, 11) is 3.33. The van der Waals surface area contributed by atoms with Gasteiger partial charge in [0, 0.05) is 68.4 Å². The number of methoxy groups -OCH3 is 1. The average Bonchev–Trinajstić information content (AvgIpc) is 3.71. The maximum Gasteiger partial charge on any atom is 0.266 e. The number of rotatable bonds is 7. The number of ether oxygens (including phenoxy) is 1. The van der Waals surface area contributed by atoms with E-state index in [1.807, 2.05) is 37.4 Å². The normalized spacial score (nSPS) is 19.3. The number of aromatic nitrogens is 4. The number of hydrogen-bond acceptors (Lipinski definition) is 8. The van der Waals surface area contributed by atoms with Crippen LogP contribution < -0.4 is 10.3 Å². The fourth-order valence-electron chi connectivity index (χ4n) is 7.09. The monoisotopic (exact) mass is 684 g/mol. The Hall–Kier alpha value is -4.88. The summed E-state index contributed by atoms with van der Waals surface area (Å²) < 4.78 is 23.7. The van der Waals surface area contributed by atoms with Gasteiger partial charge < -0.3 is 24.2 Å². The van der Waals surface area contributed by atoms with Gasteiger partial charge in [-0.2, -0.15) is 0 Å². The number of fused-ring (bicyclic) bond motifs is 1. The molecule has 0 aliphatic carbocycles. The minimum Gasteiger partial charge on any atom is -0.481 e. The van der Waals surface area contributed by atoms with Crippen LogP contribution in [0.2, 0.25) is 0 Å². The van der Waals surface area contributed by atoms with E-state index in [-0.39, 0.29) is 35.4 Å². The molecule has 2 amide bonds. The molecule has 2 aliphatic heterocycles. The van der Waals surface area contributed by atoms with Crippen LogP contribution in [0.25, 0.3) is 21.5 Å². The SMILES string of the molecule is COc1cc(-c2cc(F)c(C(=O)N3CC[C@@H](C(=O)N4CCC(O)(Cn5cnc6c(ccn6C)c5=O)CC4)[C@H](c4ccccc4)C3)s2)ccn1. The van der Waals surface area contributed by atoms with Gasteiger partial charge in [0.25, 0.3) is 11.5 Å². The number of aryl methyl sites for hydroxylation is 1. The van der Waals surface area contributed by atoms with E-state index in [0.717, 1.165) is 16.9 Å². The lowest BCUT2D eigenvalue weighted by Crippen LogP contribution is -2.53. The van der Waals surface area contributed by atoms with Gasteiger partial charge in [0.05, 0.1) is 24.6 Å². The van der Waals surface area contributed by atoms with E-state index in [1.54, 1.807) is 45.0 Å². The molecular weight excluding hydrogens is 647 g/mol. The Labute approximate surface area is 286 Å². The molecule has 0 spiro atoms. The summed E-state index contributed by atoms with van der Waals surface area (Å²) in [5.41, 5.74) is 0.859. The number of carbonyl (C=O) groups excluding carboxylic acids is 2. The predicted octanol–water partition coefficient (Wildman–Crippen LogP) is 4.31. The van der Waals surface area contributed by atoms with Crippen LogP contribution in [0.3, 0.4) is 0 Å². The van der Waals surface area contributed by atoms with Gasteiger partial charge in [0.2, 0.25) is 11.8 Å². The summed E-state index contributed by atoms with van der Waals surface area (Å²) in [6, 6.07) is 16.2. The van der Waals surface area contributed by atoms with E-state index in [2.05, 4.69) is 9.97 Å². The van der Waals surface area contributed by atoms with Crippen molar-refractivity contribution in [1.29, 1.82) is 0 Å². The van der Waals surface area contributed by atoms with E-state index in [4.69, 9.17) is 4.74 Å². The second-order valence-electron chi connectivity index (χ2n) is 12.9. The van der Waals surface area contributed by atoms with Crippen molar-refractivity contribution in [3.63, 3.8) is 0 Å². The second kappa shape index (κ2) is 13.2. The fourth-order valence-corrected chi connectivity index (χ4v) is 8.09. The molecule has 1 aromatic carbocycles. The Morgan fingerprint density at radius 1 is 1.06 bits per heavy atom. The molecule has 0 unspecified atom stereocenters. The zero-order valence-corrected chi connectivity index (χ0v) is 28.1. The van der Waals surface area contributed by atoms with Crippen molar-refractivity contribution in [2.75, 3.05) is 33.3 Å². The van der Waals surface area contributed by atoms with Crippen LogP contribution in [0.1, 0.15) is 40.4 Å². The topological polar surface area (TPSA) is 123 Å². The van der Waals surface area contributed by atoms with Crippen molar-refractivity contribution in [1.82, 2.24) is 28.9 Å². The van der Waals surface area contributed by atoms with E-state index in [9.17, 15) is 19.5 Å². The molecule has 2 aliphatic rings. The number of carbonyl (C=O) groups is 2. The molecule has 0 radical (unpaired) electrons. The van der Waals surface area contributed by atoms with Gasteiger partial charge in [-0.1, -0.05) is 30.3 Å². The molecule has 11 nitrogen and oxygen atoms in total. The number of hydrogen-bond donors (Lipinski definition) is 1. The van der Waals surface area contributed by atoms with Crippen LogP contribution in [0.4, 0.5) is 4.39 Å². The molecule has 49 heavy (non-hydrogen) atoms. The third-order valence-electron chi connectivity index (χ3n) is 9.88. The standard InChI is InChI=1S/C36H37FN6O5S/c1-40-14-9-26-32(40)39-22-43(34(26)45)21-36(47)11-16-41(17-12-36)33(44)25-10-15-42(20-27(25)23-6-4-3-5-7-23)35(46)31-28(37)19-29(49-31)24-8-13-38-30(18-24)48-2/h3-9,13-14,18-19,22,25,27,47H,10-12,15-17,20-21H2,1-2H3/t25-,27+/m1/s1. The van der Waals surface area contributed by atoms with Crippen LogP contribution in [0, 0.1) is 11.7 Å². The van der Waals surface area contributed by atoms with E-state index >= 15 is 4.39 Å². The highest BCUT2D eigenvalue weighted by Crippen LogP contribution is 2.38. The van der Waals surface area contributed by atoms with E-state index in [1.165, 1.54) is 24.1 Å². The number of likely N-dealkylation sites (tertiary alicyclic amines) is 2. The summed E-state index contributed by atoms with van der Waals surface area (Å²) in [5.74, 6) is -1.29. The van der Waals surface area contributed by atoms with Gasteiger partial charge >= 0.3 is 0 Å². The number of pyridine rings is 1. The van der Waals surface area contributed by atoms with Crippen molar-refractivity contribution >= 4 is 34.2 Å². The number of piperidine rings is 2. The zero-order valence-electron chi connectivity index (χ0n) is 27.3. The Morgan fingerprint density at radius 2 is 1.84 bits per heavy atom. The molecular formula is C36H37FN6O5S. The largest absolute Gasteiger partial charge is 0.481 e. The minimum absolute atomic E-state index is 0.0243. The Morgan fingerprint density at radius 3 is 2.59 bits per heavy atom. The number of thiophene rings is 1.